The van der Waals surface area contributed by atoms with Crippen LogP contribution in [0.1, 0.15) is 36.7 Å². The first-order valence-corrected chi connectivity index (χ1v) is 4.95. The molecular weight excluding hydrogens is 160 g/mol. The van der Waals surface area contributed by atoms with Crippen LogP contribution in [0.25, 0.3) is 0 Å². The molecular formula is C11H16N2. The second kappa shape index (κ2) is 3.46. The predicted molar refractivity (Wildman–Crippen MR) is 53.2 cm³/mol. The highest BCUT2D eigenvalue weighted by atomic mass is 14.8. The van der Waals surface area contributed by atoms with Crippen molar-refractivity contribution in [2.45, 2.75) is 32.2 Å². The summed E-state index contributed by atoms with van der Waals surface area (Å²) in [5.41, 5.74) is 8.15. The van der Waals surface area contributed by atoms with Crippen molar-refractivity contribution in [1.82, 2.24) is 4.98 Å². The van der Waals surface area contributed by atoms with E-state index < -0.39 is 0 Å². The molecule has 0 radical (unpaired) electrons. The van der Waals surface area contributed by atoms with Crippen molar-refractivity contribution in [3.05, 3.63) is 29.6 Å². The van der Waals surface area contributed by atoms with Crippen LogP contribution in [0, 0.1) is 12.8 Å². The first-order valence-electron chi connectivity index (χ1n) is 4.95. The van der Waals surface area contributed by atoms with E-state index in [0.717, 1.165) is 23.7 Å². The molecule has 0 aliphatic heterocycles. The molecule has 13 heavy (non-hydrogen) atoms. The fraction of sp³-hybridized carbons (Fsp3) is 0.545. The predicted octanol–water partition coefficient (Wildman–Crippen LogP) is 2.19. The third-order valence-electron chi connectivity index (χ3n) is 2.57. The van der Waals surface area contributed by atoms with Crippen molar-refractivity contribution in [2.75, 3.05) is 0 Å². The quantitative estimate of drug-likeness (QED) is 0.766. The number of rotatable bonds is 3. The van der Waals surface area contributed by atoms with Gasteiger partial charge in [-0.2, -0.15) is 0 Å². The van der Waals surface area contributed by atoms with Gasteiger partial charge in [0.05, 0.1) is 5.69 Å². The highest BCUT2D eigenvalue weighted by Crippen LogP contribution is 2.36. The van der Waals surface area contributed by atoms with E-state index in [1.807, 2.05) is 25.1 Å². The molecule has 0 aromatic carbocycles. The van der Waals surface area contributed by atoms with Crippen molar-refractivity contribution < 1.29 is 0 Å². The summed E-state index contributed by atoms with van der Waals surface area (Å²) in [6.07, 6.45) is 3.83. The summed E-state index contributed by atoms with van der Waals surface area (Å²) in [5.74, 6) is 0.873. The van der Waals surface area contributed by atoms with Crippen LogP contribution in [-0.2, 0) is 0 Å². The van der Waals surface area contributed by atoms with Gasteiger partial charge in [-0.05, 0) is 31.4 Å². The highest BCUT2D eigenvalue weighted by molar-refractivity contribution is 5.13. The van der Waals surface area contributed by atoms with E-state index >= 15 is 0 Å². The van der Waals surface area contributed by atoms with E-state index in [2.05, 4.69) is 4.98 Å². The Morgan fingerprint density at radius 3 is 2.92 bits per heavy atom. The van der Waals surface area contributed by atoms with E-state index in [0.29, 0.717) is 0 Å². The van der Waals surface area contributed by atoms with Gasteiger partial charge in [-0.15, -0.1) is 0 Å². The Labute approximate surface area is 79.2 Å². The van der Waals surface area contributed by atoms with Gasteiger partial charge in [0.25, 0.3) is 0 Å². The maximum Gasteiger partial charge on any atom is 0.0574 e. The molecule has 1 aliphatic carbocycles. The summed E-state index contributed by atoms with van der Waals surface area (Å²) in [4.78, 5) is 4.43. The second-order valence-corrected chi connectivity index (χ2v) is 3.99. The average molecular weight is 176 g/mol. The van der Waals surface area contributed by atoms with Crippen LogP contribution in [0.2, 0.25) is 0 Å². The van der Waals surface area contributed by atoms with E-state index in [1.54, 1.807) is 0 Å². The molecule has 2 N–H and O–H groups in total. The first kappa shape index (κ1) is 8.70. The van der Waals surface area contributed by atoms with Crippen LogP contribution in [-0.4, -0.2) is 4.98 Å². The molecule has 1 heterocycles. The Hall–Kier alpha value is -0.890. The summed E-state index contributed by atoms with van der Waals surface area (Å²) in [6.45, 7) is 2.01. The van der Waals surface area contributed by atoms with Gasteiger partial charge in [-0.3, -0.25) is 4.98 Å². The molecule has 2 rings (SSSR count). The molecule has 2 heteroatoms. The number of pyridine rings is 1. The summed E-state index contributed by atoms with van der Waals surface area (Å²) in [5, 5.41) is 0. The maximum absolute atomic E-state index is 6.04. The third kappa shape index (κ3) is 2.28. The van der Waals surface area contributed by atoms with Gasteiger partial charge in [-0.1, -0.05) is 18.9 Å². The molecule has 1 saturated carbocycles. The molecule has 0 bridgehead atoms. The van der Waals surface area contributed by atoms with Gasteiger partial charge in [0.2, 0.25) is 0 Å². The van der Waals surface area contributed by atoms with Crippen LogP contribution in [0.15, 0.2) is 18.2 Å². The summed E-state index contributed by atoms with van der Waals surface area (Å²) in [6, 6.07) is 6.21. The van der Waals surface area contributed by atoms with Crippen molar-refractivity contribution in [2.24, 2.45) is 11.7 Å². The lowest BCUT2D eigenvalue weighted by molar-refractivity contribution is 0.582. The van der Waals surface area contributed by atoms with E-state index in [4.69, 9.17) is 5.73 Å². The van der Waals surface area contributed by atoms with Gasteiger partial charge >= 0.3 is 0 Å². The van der Waals surface area contributed by atoms with Gasteiger partial charge in [0.15, 0.2) is 0 Å². The molecule has 2 nitrogen and oxygen atoms in total. The second-order valence-electron chi connectivity index (χ2n) is 3.99. The Balaban J connectivity index is 2.04. The van der Waals surface area contributed by atoms with Gasteiger partial charge in [-0.25, -0.2) is 0 Å². The number of hydrogen-bond donors (Lipinski definition) is 1. The number of aryl methyl sites for hydroxylation is 1. The molecule has 70 valence electrons. The zero-order valence-electron chi connectivity index (χ0n) is 8.03. The smallest absolute Gasteiger partial charge is 0.0574 e. The summed E-state index contributed by atoms with van der Waals surface area (Å²) in [7, 11) is 0. The Morgan fingerprint density at radius 2 is 2.31 bits per heavy atom. The zero-order chi connectivity index (χ0) is 9.26. The zero-order valence-corrected chi connectivity index (χ0v) is 8.03. The van der Waals surface area contributed by atoms with Crippen LogP contribution in [0.5, 0.6) is 0 Å². The van der Waals surface area contributed by atoms with Gasteiger partial charge < -0.3 is 5.73 Å². The molecule has 0 amide bonds. The van der Waals surface area contributed by atoms with Crippen LogP contribution >= 0.6 is 0 Å². The van der Waals surface area contributed by atoms with Gasteiger partial charge in [0, 0.05) is 11.7 Å². The molecule has 0 saturated heterocycles. The molecule has 1 fully saturated rings. The Kier molecular flexibility index (Phi) is 2.32. The third-order valence-corrected chi connectivity index (χ3v) is 2.57. The molecule has 1 atom stereocenters. The SMILES string of the molecule is Cc1cccc(C(N)CC2CC2)n1. The lowest BCUT2D eigenvalue weighted by atomic mass is 10.1. The van der Waals surface area contributed by atoms with E-state index in [1.165, 1.54) is 12.8 Å². The largest absolute Gasteiger partial charge is 0.323 e. The lowest BCUT2D eigenvalue weighted by Gasteiger charge is -2.10. The fourth-order valence-electron chi connectivity index (χ4n) is 1.60. The fourth-order valence-corrected chi connectivity index (χ4v) is 1.60. The topological polar surface area (TPSA) is 38.9 Å². The van der Waals surface area contributed by atoms with Crippen molar-refractivity contribution in [1.29, 1.82) is 0 Å². The first-order chi connectivity index (χ1) is 6.25. The van der Waals surface area contributed by atoms with Crippen LogP contribution < -0.4 is 5.73 Å². The summed E-state index contributed by atoms with van der Waals surface area (Å²) >= 11 is 0. The number of aromatic nitrogens is 1. The highest BCUT2D eigenvalue weighted by Gasteiger charge is 2.24. The van der Waals surface area contributed by atoms with Crippen LogP contribution in [0.4, 0.5) is 0 Å². The minimum Gasteiger partial charge on any atom is -0.323 e. The Morgan fingerprint density at radius 1 is 1.54 bits per heavy atom. The number of hydrogen-bond acceptors (Lipinski definition) is 2. The number of nitrogens with two attached hydrogens (primary N) is 1. The lowest BCUT2D eigenvalue weighted by Crippen LogP contribution is -2.12. The Bertz CT molecular complexity index is 292. The molecule has 1 unspecified atom stereocenters. The molecule has 1 aromatic heterocycles. The summed E-state index contributed by atoms with van der Waals surface area (Å²) < 4.78 is 0. The minimum absolute atomic E-state index is 0.146. The molecule has 1 aromatic rings. The average Bonchev–Trinajstić information content (AvgIpc) is 2.88. The van der Waals surface area contributed by atoms with E-state index in [-0.39, 0.29) is 6.04 Å². The van der Waals surface area contributed by atoms with Crippen molar-refractivity contribution >= 4 is 0 Å². The number of nitrogens with zero attached hydrogens (tertiary/aromatic N) is 1. The standard InChI is InChI=1S/C11H16N2/c1-8-3-2-4-11(13-8)10(12)7-9-5-6-9/h2-4,9-10H,5-7,12H2,1H3. The van der Waals surface area contributed by atoms with Crippen molar-refractivity contribution in [3.8, 4) is 0 Å². The minimum atomic E-state index is 0.146. The van der Waals surface area contributed by atoms with E-state index in [9.17, 15) is 0 Å². The molecule has 1 aliphatic rings. The maximum atomic E-state index is 6.04. The molecule has 0 spiro atoms. The normalized spacial score (nSPS) is 18.6. The van der Waals surface area contributed by atoms with Gasteiger partial charge in [0.1, 0.15) is 0 Å². The van der Waals surface area contributed by atoms with Crippen molar-refractivity contribution in [3.63, 3.8) is 0 Å². The monoisotopic (exact) mass is 176 g/mol. The van der Waals surface area contributed by atoms with Crippen LogP contribution in [0.3, 0.4) is 0 Å².